The van der Waals surface area contributed by atoms with Gasteiger partial charge in [0.05, 0.1) is 5.69 Å². The van der Waals surface area contributed by atoms with E-state index in [9.17, 15) is 4.79 Å². The standard InChI is InChI=1S/C21H21ClN2O2S/c1-13(2)15-6-5-9-18(11-15)26-12-19(25)23-21-24-20(14(3)27-21)16-7-4-8-17(22)10-16/h4-11,13H,12H2,1-3H3,(H,23,24,25). The molecule has 6 heteroatoms. The van der Waals surface area contributed by atoms with Crippen molar-refractivity contribution in [2.24, 2.45) is 0 Å². The molecule has 0 spiro atoms. The summed E-state index contributed by atoms with van der Waals surface area (Å²) in [5.74, 6) is 0.855. The average Bonchev–Trinajstić information content (AvgIpc) is 3.00. The molecule has 0 radical (unpaired) electrons. The Bertz CT molecular complexity index is 953. The largest absolute Gasteiger partial charge is 0.484 e. The predicted molar refractivity (Wildman–Crippen MR) is 112 cm³/mol. The fourth-order valence-corrected chi connectivity index (χ4v) is 3.66. The van der Waals surface area contributed by atoms with Crippen LogP contribution >= 0.6 is 22.9 Å². The van der Waals surface area contributed by atoms with Gasteiger partial charge in [-0.05, 0) is 42.7 Å². The van der Waals surface area contributed by atoms with Crippen LogP contribution in [0.2, 0.25) is 5.02 Å². The van der Waals surface area contributed by atoms with Gasteiger partial charge in [0.1, 0.15) is 5.75 Å². The number of hydrogen-bond acceptors (Lipinski definition) is 4. The molecule has 3 aromatic rings. The Kier molecular flexibility index (Phi) is 6.14. The number of aryl methyl sites for hydroxylation is 1. The molecule has 140 valence electrons. The zero-order valence-corrected chi connectivity index (χ0v) is 17.0. The third-order valence-corrected chi connectivity index (χ3v) is 5.16. The van der Waals surface area contributed by atoms with Crippen molar-refractivity contribution in [2.45, 2.75) is 26.7 Å². The zero-order valence-electron chi connectivity index (χ0n) is 15.5. The molecule has 0 bridgehead atoms. The van der Waals surface area contributed by atoms with Crippen LogP contribution in [0.3, 0.4) is 0 Å². The molecule has 1 N–H and O–H groups in total. The zero-order chi connectivity index (χ0) is 19.4. The lowest BCUT2D eigenvalue weighted by Crippen LogP contribution is -2.20. The minimum atomic E-state index is -0.239. The summed E-state index contributed by atoms with van der Waals surface area (Å²) in [6, 6.07) is 15.3. The predicted octanol–water partition coefficient (Wildman–Crippen LogP) is 5.91. The number of nitrogens with zero attached hydrogens (tertiary/aromatic N) is 1. The van der Waals surface area contributed by atoms with Crippen LogP contribution in [0, 0.1) is 6.92 Å². The fourth-order valence-electron chi connectivity index (χ4n) is 2.62. The Morgan fingerprint density at radius 2 is 2.00 bits per heavy atom. The maximum absolute atomic E-state index is 12.2. The summed E-state index contributed by atoms with van der Waals surface area (Å²) in [6.45, 7) is 6.15. The van der Waals surface area contributed by atoms with E-state index in [1.54, 1.807) is 0 Å². The van der Waals surface area contributed by atoms with Crippen LogP contribution in [0.1, 0.15) is 30.2 Å². The lowest BCUT2D eigenvalue weighted by molar-refractivity contribution is -0.118. The van der Waals surface area contributed by atoms with E-state index in [-0.39, 0.29) is 12.5 Å². The van der Waals surface area contributed by atoms with Gasteiger partial charge in [-0.2, -0.15) is 0 Å². The molecule has 4 nitrogen and oxygen atoms in total. The van der Waals surface area contributed by atoms with Gasteiger partial charge in [-0.3, -0.25) is 10.1 Å². The van der Waals surface area contributed by atoms with Crippen molar-refractivity contribution in [1.29, 1.82) is 0 Å². The van der Waals surface area contributed by atoms with E-state index in [4.69, 9.17) is 16.3 Å². The highest BCUT2D eigenvalue weighted by atomic mass is 35.5. The monoisotopic (exact) mass is 400 g/mol. The quantitative estimate of drug-likeness (QED) is 0.559. The molecule has 27 heavy (non-hydrogen) atoms. The third kappa shape index (κ3) is 5.08. The van der Waals surface area contributed by atoms with Crippen molar-refractivity contribution in [1.82, 2.24) is 4.98 Å². The Hall–Kier alpha value is -2.37. The molecule has 3 rings (SSSR count). The summed E-state index contributed by atoms with van der Waals surface area (Å²) >= 11 is 7.49. The van der Waals surface area contributed by atoms with E-state index in [0.29, 0.717) is 21.8 Å². The van der Waals surface area contributed by atoms with Gasteiger partial charge in [-0.25, -0.2) is 4.98 Å². The summed E-state index contributed by atoms with van der Waals surface area (Å²) in [7, 11) is 0. The van der Waals surface area contributed by atoms with Crippen molar-refractivity contribution < 1.29 is 9.53 Å². The molecule has 0 saturated carbocycles. The van der Waals surface area contributed by atoms with Crippen LogP contribution in [0.25, 0.3) is 11.3 Å². The lowest BCUT2D eigenvalue weighted by atomic mass is 10.0. The van der Waals surface area contributed by atoms with Gasteiger partial charge in [-0.1, -0.05) is 49.7 Å². The van der Waals surface area contributed by atoms with Crippen molar-refractivity contribution >= 4 is 34.0 Å². The van der Waals surface area contributed by atoms with Gasteiger partial charge < -0.3 is 4.74 Å². The van der Waals surface area contributed by atoms with Crippen LogP contribution in [0.5, 0.6) is 5.75 Å². The SMILES string of the molecule is Cc1sc(NC(=O)COc2cccc(C(C)C)c2)nc1-c1cccc(Cl)c1. The summed E-state index contributed by atoms with van der Waals surface area (Å²) in [5.41, 5.74) is 2.93. The number of rotatable bonds is 6. The first-order valence-corrected chi connectivity index (χ1v) is 9.88. The number of amides is 1. The molecule has 0 aliphatic heterocycles. The second-order valence-corrected chi connectivity index (χ2v) is 8.14. The number of nitrogens with one attached hydrogen (secondary N) is 1. The summed E-state index contributed by atoms with van der Waals surface area (Å²) < 4.78 is 5.62. The molecular formula is C21H21ClN2O2S. The number of ether oxygens (including phenoxy) is 1. The highest BCUT2D eigenvalue weighted by molar-refractivity contribution is 7.16. The molecule has 0 saturated heterocycles. The van der Waals surface area contributed by atoms with Crippen LogP contribution in [0.4, 0.5) is 5.13 Å². The molecule has 1 heterocycles. The van der Waals surface area contributed by atoms with E-state index in [0.717, 1.165) is 16.1 Å². The highest BCUT2D eigenvalue weighted by Gasteiger charge is 2.13. The molecule has 0 aliphatic carbocycles. The topological polar surface area (TPSA) is 51.2 Å². The van der Waals surface area contributed by atoms with Crippen LogP contribution in [-0.2, 0) is 4.79 Å². The van der Waals surface area contributed by atoms with E-state index in [1.807, 2.05) is 55.5 Å². The van der Waals surface area contributed by atoms with E-state index in [2.05, 4.69) is 24.1 Å². The summed E-state index contributed by atoms with van der Waals surface area (Å²) in [6.07, 6.45) is 0. The van der Waals surface area contributed by atoms with Gasteiger partial charge in [0.2, 0.25) is 0 Å². The Balaban J connectivity index is 1.63. The second-order valence-electron chi connectivity index (χ2n) is 6.50. The molecule has 0 unspecified atom stereocenters. The van der Waals surface area contributed by atoms with Crippen molar-refractivity contribution in [3.05, 3.63) is 64.0 Å². The maximum Gasteiger partial charge on any atom is 0.264 e. The number of aromatic nitrogens is 1. The van der Waals surface area contributed by atoms with Crippen molar-refractivity contribution in [3.8, 4) is 17.0 Å². The van der Waals surface area contributed by atoms with Crippen molar-refractivity contribution in [3.63, 3.8) is 0 Å². The van der Waals surface area contributed by atoms with Crippen molar-refractivity contribution in [2.75, 3.05) is 11.9 Å². The Morgan fingerprint density at radius 3 is 2.74 bits per heavy atom. The highest BCUT2D eigenvalue weighted by Crippen LogP contribution is 2.31. The van der Waals surface area contributed by atoms with Gasteiger partial charge >= 0.3 is 0 Å². The first kappa shape index (κ1) is 19.4. The fraction of sp³-hybridized carbons (Fsp3) is 0.238. The van der Waals surface area contributed by atoms with Crippen LogP contribution < -0.4 is 10.1 Å². The number of anilines is 1. The molecule has 0 atom stereocenters. The number of halogens is 1. The Morgan fingerprint density at radius 1 is 1.22 bits per heavy atom. The summed E-state index contributed by atoms with van der Waals surface area (Å²) in [5, 5.41) is 4.01. The average molecular weight is 401 g/mol. The molecule has 0 aliphatic rings. The number of carbonyl (C=O) groups is 1. The summed E-state index contributed by atoms with van der Waals surface area (Å²) in [4.78, 5) is 17.8. The number of hydrogen-bond donors (Lipinski definition) is 1. The minimum absolute atomic E-state index is 0.0628. The molecule has 1 amide bonds. The molecular weight excluding hydrogens is 380 g/mol. The second kappa shape index (κ2) is 8.55. The smallest absolute Gasteiger partial charge is 0.264 e. The normalized spacial score (nSPS) is 10.9. The van der Waals surface area contributed by atoms with E-state index >= 15 is 0 Å². The Labute approximate surface area is 168 Å². The number of carbonyl (C=O) groups excluding carboxylic acids is 1. The first-order chi connectivity index (χ1) is 12.9. The first-order valence-electron chi connectivity index (χ1n) is 8.68. The minimum Gasteiger partial charge on any atom is -0.484 e. The number of thiazole rings is 1. The van der Waals surface area contributed by atoms with Crippen LogP contribution in [0.15, 0.2) is 48.5 Å². The maximum atomic E-state index is 12.2. The third-order valence-electron chi connectivity index (χ3n) is 4.04. The van der Waals surface area contributed by atoms with Gasteiger partial charge in [0.25, 0.3) is 5.91 Å². The molecule has 0 fully saturated rings. The van der Waals surface area contributed by atoms with Gasteiger partial charge in [0, 0.05) is 15.5 Å². The molecule has 1 aromatic heterocycles. The van der Waals surface area contributed by atoms with Gasteiger partial charge in [0.15, 0.2) is 11.7 Å². The van der Waals surface area contributed by atoms with Gasteiger partial charge in [-0.15, -0.1) is 11.3 Å². The lowest BCUT2D eigenvalue weighted by Gasteiger charge is -2.09. The van der Waals surface area contributed by atoms with E-state index < -0.39 is 0 Å². The van der Waals surface area contributed by atoms with E-state index in [1.165, 1.54) is 16.9 Å². The molecule has 2 aromatic carbocycles. The van der Waals surface area contributed by atoms with Crippen LogP contribution in [-0.4, -0.2) is 17.5 Å². The number of benzene rings is 2.